The highest BCUT2D eigenvalue weighted by Gasteiger charge is 2.25. The Morgan fingerprint density at radius 3 is 2.75 bits per heavy atom. The van der Waals surface area contributed by atoms with Crippen molar-refractivity contribution in [2.45, 2.75) is 11.8 Å². The molecule has 0 aromatic heterocycles. The molecule has 0 radical (unpaired) electrons. The van der Waals surface area contributed by atoms with Gasteiger partial charge in [0.1, 0.15) is 5.37 Å². The van der Waals surface area contributed by atoms with Gasteiger partial charge in [0.15, 0.2) is 5.62 Å². The van der Waals surface area contributed by atoms with E-state index < -0.39 is 0 Å². The molecule has 3 nitrogen and oxygen atoms in total. The summed E-state index contributed by atoms with van der Waals surface area (Å²) in [5.74, 6) is 0. The summed E-state index contributed by atoms with van der Waals surface area (Å²) in [5.41, 5.74) is 0.738. The Hall–Kier alpha value is -0.0600. The fraction of sp³-hybridized carbons (Fsp3) is 0.750. The molecule has 1 rings (SSSR count). The standard InChI is InChI=1S/C4H7NO2S/c6-3-8-4-1-2-5(4)7/h3-5H,1-2H2. The number of hydrogen-bond donors (Lipinski definition) is 1. The van der Waals surface area contributed by atoms with Crippen molar-refractivity contribution in [1.82, 2.24) is 0 Å². The van der Waals surface area contributed by atoms with Crippen LogP contribution in [0.5, 0.6) is 0 Å². The summed E-state index contributed by atoms with van der Waals surface area (Å²) >= 11 is 1.10. The largest absolute Gasteiger partial charge is 0.633 e. The molecule has 0 spiro atoms. The third-order valence-electron chi connectivity index (χ3n) is 1.23. The van der Waals surface area contributed by atoms with E-state index in [9.17, 15) is 10.0 Å². The Bertz CT molecular complexity index is 98.0. The number of nitrogens with one attached hydrogen (secondary N) is 1. The first-order valence-electron chi connectivity index (χ1n) is 2.46. The summed E-state index contributed by atoms with van der Waals surface area (Å²) in [6.07, 6.45) is 0.891. The van der Waals surface area contributed by atoms with Gasteiger partial charge in [-0.15, -0.1) is 0 Å². The average Bonchev–Trinajstić information content (AvgIpc) is 1.79. The zero-order valence-corrected chi connectivity index (χ0v) is 5.11. The van der Waals surface area contributed by atoms with Gasteiger partial charge in [-0.25, -0.2) is 0 Å². The molecule has 2 atom stereocenters. The lowest BCUT2D eigenvalue weighted by molar-refractivity contribution is -0.901. The lowest BCUT2D eigenvalue weighted by Crippen LogP contribution is -3.17. The lowest BCUT2D eigenvalue weighted by atomic mass is 10.3. The summed E-state index contributed by atoms with van der Waals surface area (Å²) in [5, 5.41) is 10.7. The predicted octanol–water partition coefficient (Wildman–Crippen LogP) is -0.978. The van der Waals surface area contributed by atoms with Crippen molar-refractivity contribution >= 4 is 17.4 Å². The Balaban J connectivity index is 2.16. The summed E-state index contributed by atoms with van der Waals surface area (Å²) < 4.78 is 0. The van der Waals surface area contributed by atoms with Crippen molar-refractivity contribution < 1.29 is 9.86 Å². The van der Waals surface area contributed by atoms with Crippen LogP contribution in [0.2, 0.25) is 0 Å². The van der Waals surface area contributed by atoms with Crippen LogP contribution < -0.4 is 5.06 Å². The van der Waals surface area contributed by atoms with E-state index in [1.807, 2.05) is 0 Å². The molecule has 0 aromatic rings. The van der Waals surface area contributed by atoms with Crippen LogP contribution in [0, 0.1) is 5.21 Å². The Kier molecular flexibility index (Phi) is 1.88. The number of carbonyl (C=O) groups excluding carboxylic acids is 1. The molecule has 1 aliphatic rings. The van der Waals surface area contributed by atoms with Crippen molar-refractivity contribution in [3.8, 4) is 0 Å². The van der Waals surface area contributed by atoms with Crippen molar-refractivity contribution in [3.63, 3.8) is 0 Å². The van der Waals surface area contributed by atoms with E-state index >= 15 is 0 Å². The van der Waals surface area contributed by atoms with Gasteiger partial charge in [-0.3, -0.25) is 4.79 Å². The molecule has 0 amide bonds. The highest BCUT2D eigenvalue weighted by molar-refractivity contribution is 8.12. The van der Waals surface area contributed by atoms with E-state index in [2.05, 4.69) is 0 Å². The molecular formula is C4H7NO2S. The zero-order chi connectivity index (χ0) is 5.98. The highest BCUT2D eigenvalue weighted by Crippen LogP contribution is 2.08. The molecule has 1 fully saturated rings. The molecule has 1 heterocycles. The van der Waals surface area contributed by atoms with E-state index in [-0.39, 0.29) is 10.4 Å². The monoisotopic (exact) mass is 133 g/mol. The molecule has 1 saturated heterocycles. The predicted molar refractivity (Wildman–Crippen MR) is 31.9 cm³/mol. The van der Waals surface area contributed by atoms with Gasteiger partial charge in [0, 0.05) is 0 Å². The smallest absolute Gasteiger partial charge is 0.181 e. The number of hydroxylamine groups is 2. The normalized spacial score (nSPS) is 36.1. The molecule has 1 aliphatic heterocycles. The minimum Gasteiger partial charge on any atom is -0.633 e. The van der Waals surface area contributed by atoms with Crippen LogP contribution in [-0.2, 0) is 4.79 Å². The number of thioether (sulfide) groups is 1. The van der Waals surface area contributed by atoms with E-state index in [4.69, 9.17) is 0 Å². The van der Waals surface area contributed by atoms with E-state index in [0.717, 1.165) is 23.8 Å². The van der Waals surface area contributed by atoms with Crippen molar-refractivity contribution in [1.29, 1.82) is 0 Å². The van der Waals surface area contributed by atoms with Gasteiger partial charge in [0.2, 0.25) is 0 Å². The topological polar surface area (TPSA) is 44.6 Å². The summed E-state index contributed by atoms with van der Waals surface area (Å²) in [6.45, 7) is 0.672. The fourth-order valence-electron chi connectivity index (χ4n) is 0.591. The molecule has 2 unspecified atom stereocenters. The molecule has 4 heteroatoms. The minimum absolute atomic E-state index is 0.00694. The SMILES string of the molecule is O=CSC1CC[NH+]1[O-]. The second kappa shape index (κ2) is 2.48. The maximum Gasteiger partial charge on any atom is 0.181 e. The summed E-state index contributed by atoms with van der Waals surface area (Å²) in [7, 11) is 0. The van der Waals surface area contributed by atoms with Gasteiger partial charge in [-0.05, 0) is 11.8 Å². The molecule has 0 saturated carbocycles. The number of rotatable bonds is 2. The maximum absolute atomic E-state index is 10.4. The van der Waals surface area contributed by atoms with Gasteiger partial charge in [-0.1, -0.05) is 0 Å². The van der Waals surface area contributed by atoms with Gasteiger partial charge >= 0.3 is 0 Å². The van der Waals surface area contributed by atoms with Crippen LogP contribution >= 0.6 is 11.8 Å². The Morgan fingerprint density at radius 2 is 2.62 bits per heavy atom. The van der Waals surface area contributed by atoms with Crippen LogP contribution in [0.15, 0.2) is 0 Å². The van der Waals surface area contributed by atoms with Gasteiger partial charge in [0.05, 0.1) is 13.0 Å². The number of carbonyl (C=O) groups is 1. The van der Waals surface area contributed by atoms with Gasteiger partial charge in [0.25, 0.3) is 0 Å². The molecule has 0 aromatic carbocycles. The molecule has 8 heavy (non-hydrogen) atoms. The third-order valence-corrected chi connectivity index (χ3v) is 2.17. The van der Waals surface area contributed by atoms with Crippen molar-refractivity contribution in [3.05, 3.63) is 5.21 Å². The van der Waals surface area contributed by atoms with Crippen LogP contribution in [-0.4, -0.2) is 17.5 Å². The van der Waals surface area contributed by atoms with Crippen molar-refractivity contribution in [2.24, 2.45) is 0 Å². The fourth-order valence-corrected chi connectivity index (χ4v) is 1.25. The molecular weight excluding hydrogens is 126 g/mol. The summed E-state index contributed by atoms with van der Waals surface area (Å²) in [4.78, 5) is 9.76. The van der Waals surface area contributed by atoms with Crippen molar-refractivity contribution in [2.75, 3.05) is 6.54 Å². The number of hydrogen-bond acceptors (Lipinski definition) is 3. The second-order valence-corrected chi connectivity index (χ2v) is 2.76. The van der Waals surface area contributed by atoms with Crippen LogP contribution in [0.3, 0.4) is 0 Å². The molecule has 46 valence electrons. The van der Waals surface area contributed by atoms with Gasteiger partial charge in [-0.2, -0.15) is 0 Å². The van der Waals surface area contributed by atoms with E-state index in [0.29, 0.717) is 6.54 Å². The Morgan fingerprint density at radius 1 is 1.88 bits per heavy atom. The third kappa shape index (κ3) is 1.02. The molecule has 1 N–H and O–H groups in total. The summed E-state index contributed by atoms with van der Waals surface area (Å²) in [6, 6.07) is 0. The molecule has 0 bridgehead atoms. The maximum atomic E-state index is 10.4. The first kappa shape index (κ1) is 6.07. The first-order chi connectivity index (χ1) is 3.84. The highest BCUT2D eigenvalue weighted by atomic mass is 32.2. The second-order valence-electron chi connectivity index (χ2n) is 1.73. The number of quaternary nitrogens is 1. The van der Waals surface area contributed by atoms with E-state index in [1.54, 1.807) is 0 Å². The Labute approximate surface area is 51.6 Å². The zero-order valence-electron chi connectivity index (χ0n) is 4.29. The van der Waals surface area contributed by atoms with Gasteiger partial charge < -0.3 is 10.3 Å². The quantitative estimate of drug-likeness (QED) is 0.389. The van der Waals surface area contributed by atoms with E-state index in [1.165, 1.54) is 0 Å². The lowest BCUT2D eigenvalue weighted by Gasteiger charge is -2.38. The minimum atomic E-state index is 0.00694. The van der Waals surface area contributed by atoms with Crippen LogP contribution in [0.4, 0.5) is 0 Å². The first-order valence-corrected chi connectivity index (χ1v) is 3.40. The van der Waals surface area contributed by atoms with Crippen LogP contribution in [0.1, 0.15) is 6.42 Å². The molecule has 0 aliphatic carbocycles. The van der Waals surface area contributed by atoms with Crippen LogP contribution in [0.25, 0.3) is 0 Å². The average molecular weight is 133 g/mol.